The van der Waals surface area contributed by atoms with Crippen molar-refractivity contribution in [3.05, 3.63) is 43.7 Å². The number of benzene rings is 1. The van der Waals surface area contributed by atoms with E-state index >= 15 is 0 Å². The van der Waals surface area contributed by atoms with Crippen LogP contribution in [0, 0.1) is 15.9 Å². The smallest absolute Gasteiger partial charge is 0.229 e. The summed E-state index contributed by atoms with van der Waals surface area (Å²) >= 11 is 3.01. The number of nitro groups is 1. The lowest BCUT2D eigenvalue weighted by atomic mass is 10.0. The van der Waals surface area contributed by atoms with Crippen LogP contribution in [0.3, 0.4) is 0 Å². The maximum absolute atomic E-state index is 13.3. The van der Waals surface area contributed by atoms with E-state index in [1.165, 1.54) is 13.0 Å². The van der Waals surface area contributed by atoms with E-state index in [0.717, 1.165) is 6.07 Å². The first-order valence-corrected chi connectivity index (χ1v) is 4.81. The van der Waals surface area contributed by atoms with Crippen LogP contribution in [-0.4, -0.2) is 10.7 Å². The predicted octanol–water partition coefficient (Wildman–Crippen LogP) is 2.57. The van der Waals surface area contributed by atoms with Crippen molar-refractivity contribution < 1.29 is 14.1 Å². The Morgan fingerprint density at radius 2 is 2.20 bits per heavy atom. The van der Waals surface area contributed by atoms with Gasteiger partial charge in [0.1, 0.15) is 5.82 Å². The molecule has 0 heterocycles. The van der Waals surface area contributed by atoms with Gasteiger partial charge in [0.05, 0.1) is 5.56 Å². The monoisotopic (exact) mass is 275 g/mol. The molecular formula is C9H7BrFNO3. The molecule has 6 heteroatoms. The second-order valence-corrected chi connectivity index (χ2v) is 3.88. The van der Waals surface area contributed by atoms with E-state index in [9.17, 15) is 19.3 Å². The quantitative estimate of drug-likeness (QED) is 0.484. The second kappa shape index (κ2) is 4.48. The van der Waals surface area contributed by atoms with E-state index in [0.29, 0.717) is 4.47 Å². The fourth-order valence-electron chi connectivity index (χ4n) is 1.28. The Hall–Kier alpha value is -1.30. The lowest BCUT2D eigenvalue weighted by molar-refractivity contribution is -0.496. The molecule has 0 aliphatic rings. The summed E-state index contributed by atoms with van der Waals surface area (Å²) < 4.78 is 13.7. The Kier molecular flexibility index (Phi) is 3.52. The highest BCUT2D eigenvalue weighted by molar-refractivity contribution is 9.10. The fourth-order valence-corrected chi connectivity index (χ4v) is 1.76. The van der Waals surface area contributed by atoms with Crippen LogP contribution >= 0.6 is 15.9 Å². The zero-order valence-corrected chi connectivity index (χ0v) is 9.38. The van der Waals surface area contributed by atoms with Gasteiger partial charge in [-0.1, -0.05) is 15.9 Å². The molecule has 80 valence electrons. The Labute approximate surface area is 93.4 Å². The largest absolute Gasteiger partial charge is 0.294 e. The first kappa shape index (κ1) is 11.8. The van der Waals surface area contributed by atoms with Gasteiger partial charge in [-0.25, -0.2) is 4.39 Å². The molecule has 0 radical (unpaired) electrons. The van der Waals surface area contributed by atoms with Gasteiger partial charge >= 0.3 is 0 Å². The number of carbonyl (C=O) groups is 1. The van der Waals surface area contributed by atoms with Crippen LogP contribution < -0.4 is 0 Å². The van der Waals surface area contributed by atoms with Gasteiger partial charge in [0, 0.05) is 15.0 Å². The number of ketones is 1. The number of Topliss-reactive ketones (excluding diaryl/α,β-unsaturated/α-hetero) is 1. The third-order valence-electron chi connectivity index (χ3n) is 1.79. The Bertz CT molecular complexity index is 434. The minimum Gasteiger partial charge on any atom is -0.294 e. The summed E-state index contributed by atoms with van der Waals surface area (Å²) in [6, 6.07) is 2.49. The van der Waals surface area contributed by atoms with Crippen molar-refractivity contribution in [3.63, 3.8) is 0 Å². The summed E-state index contributed by atoms with van der Waals surface area (Å²) in [7, 11) is 0. The molecule has 0 aromatic heterocycles. The van der Waals surface area contributed by atoms with Gasteiger partial charge in [0.25, 0.3) is 0 Å². The molecule has 0 fully saturated rings. The van der Waals surface area contributed by atoms with Gasteiger partial charge < -0.3 is 0 Å². The minimum atomic E-state index is -0.742. The van der Waals surface area contributed by atoms with Crippen molar-refractivity contribution >= 4 is 21.7 Å². The minimum absolute atomic E-state index is 0.0828. The van der Waals surface area contributed by atoms with E-state index in [-0.39, 0.29) is 11.1 Å². The van der Waals surface area contributed by atoms with Gasteiger partial charge in [-0.15, -0.1) is 0 Å². The van der Waals surface area contributed by atoms with Crippen molar-refractivity contribution in [3.8, 4) is 0 Å². The zero-order chi connectivity index (χ0) is 11.6. The lowest BCUT2D eigenvalue weighted by Gasteiger charge is -2.05. The summed E-state index contributed by atoms with van der Waals surface area (Å²) in [5, 5.41) is 10.3. The molecular weight excluding hydrogens is 269 g/mol. The van der Waals surface area contributed by atoms with Crippen molar-refractivity contribution in [2.75, 3.05) is 0 Å². The Balaban J connectivity index is 3.33. The normalized spacial score (nSPS) is 10.1. The van der Waals surface area contributed by atoms with Gasteiger partial charge in [-0.2, -0.15) is 0 Å². The van der Waals surface area contributed by atoms with E-state index in [1.54, 1.807) is 0 Å². The highest BCUT2D eigenvalue weighted by Gasteiger charge is 2.17. The summed E-state index contributed by atoms with van der Waals surface area (Å²) in [5.41, 5.74) is -0.130. The molecule has 0 bridgehead atoms. The molecule has 15 heavy (non-hydrogen) atoms. The number of carbonyl (C=O) groups excluding carboxylic acids is 1. The molecule has 0 atom stereocenters. The summed E-state index contributed by atoms with van der Waals surface area (Å²) in [6.45, 7) is 0.612. The summed E-state index contributed by atoms with van der Waals surface area (Å²) in [6.07, 6.45) is 0. The molecule has 1 rings (SSSR count). The van der Waals surface area contributed by atoms with Crippen LogP contribution in [0.1, 0.15) is 22.8 Å². The molecule has 1 aromatic rings. The molecule has 0 aliphatic carbocycles. The topological polar surface area (TPSA) is 60.2 Å². The van der Waals surface area contributed by atoms with E-state index in [1.807, 2.05) is 0 Å². The molecule has 0 amide bonds. The van der Waals surface area contributed by atoms with Crippen molar-refractivity contribution in [1.29, 1.82) is 0 Å². The molecule has 0 unspecified atom stereocenters. The van der Waals surface area contributed by atoms with Crippen molar-refractivity contribution in [2.45, 2.75) is 13.5 Å². The van der Waals surface area contributed by atoms with Crippen LogP contribution in [0.5, 0.6) is 0 Å². The number of hydrogen-bond donors (Lipinski definition) is 0. The molecule has 0 saturated carbocycles. The number of nitrogens with zero attached hydrogens (tertiary/aromatic N) is 1. The van der Waals surface area contributed by atoms with Gasteiger partial charge in [-0.3, -0.25) is 14.9 Å². The molecule has 0 aliphatic heterocycles. The zero-order valence-electron chi connectivity index (χ0n) is 7.79. The number of halogens is 2. The predicted molar refractivity (Wildman–Crippen MR) is 54.8 cm³/mol. The fraction of sp³-hybridized carbons (Fsp3) is 0.222. The second-order valence-electron chi connectivity index (χ2n) is 2.97. The average molecular weight is 276 g/mol. The SMILES string of the molecule is CC(=O)c1c(F)cc(Br)cc1C[N+](=O)[O-]. The van der Waals surface area contributed by atoms with E-state index in [4.69, 9.17) is 0 Å². The van der Waals surface area contributed by atoms with E-state index in [2.05, 4.69) is 15.9 Å². The van der Waals surface area contributed by atoms with Crippen LogP contribution in [0.15, 0.2) is 16.6 Å². The maximum Gasteiger partial charge on any atom is 0.229 e. The Morgan fingerprint density at radius 1 is 1.60 bits per heavy atom. The summed E-state index contributed by atoms with van der Waals surface area (Å²) in [4.78, 5) is 20.8. The molecule has 0 spiro atoms. The number of hydrogen-bond acceptors (Lipinski definition) is 3. The summed E-state index contributed by atoms with van der Waals surface area (Å²) in [5.74, 6) is -1.26. The van der Waals surface area contributed by atoms with Crippen LogP contribution in [0.4, 0.5) is 4.39 Å². The third-order valence-corrected chi connectivity index (χ3v) is 2.25. The third kappa shape index (κ3) is 2.82. The highest BCUT2D eigenvalue weighted by Crippen LogP contribution is 2.21. The van der Waals surface area contributed by atoms with Gasteiger partial charge in [0.2, 0.25) is 6.54 Å². The van der Waals surface area contributed by atoms with Crippen LogP contribution in [0.25, 0.3) is 0 Å². The first-order chi connectivity index (χ1) is 6.91. The van der Waals surface area contributed by atoms with E-state index < -0.39 is 23.1 Å². The maximum atomic E-state index is 13.3. The molecule has 0 saturated heterocycles. The van der Waals surface area contributed by atoms with Gasteiger partial charge in [-0.05, 0) is 19.1 Å². The molecule has 0 N–H and O–H groups in total. The van der Waals surface area contributed by atoms with Crippen LogP contribution in [0.2, 0.25) is 0 Å². The van der Waals surface area contributed by atoms with Gasteiger partial charge in [0.15, 0.2) is 5.78 Å². The first-order valence-electron chi connectivity index (χ1n) is 4.02. The molecule has 1 aromatic carbocycles. The average Bonchev–Trinajstić information content (AvgIpc) is 1.99. The number of rotatable bonds is 3. The highest BCUT2D eigenvalue weighted by atomic mass is 79.9. The van der Waals surface area contributed by atoms with Crippen LogP contribution in [-0.2, 0) is 6.54 Å². The molecule has 4 nitrogen and oxygen atoms in total. The van der Waals surface area contributed by atoms with Crippen molar-refractivity contribution in [2.24, 2.45) is 0 Å². The standard InChI is InChI=1S/C9H7BrFNO3/c1-5(13)9-6(4-12(14)15)2-7(10)3-8(9)11/h2-3H,4H2,1H3. The lowest BCUT2D eigenvalue weighted by Crippen LogP contribution is -2.08. The van der Waals surface area contributed by atoms with Crippen molar-refractivity contribution in [1.82, 2.24) is 0 Å². The Morgan fingerprint density at radius 3 is 2.67 bits per heavy atom.